The predicted molar refractivity (Wildman–Crippen MR) is 81.3 cm³/mol. The Labute approximate surface area is 128 Å². The first-order chi connectivity index (χ1) is 10.1. The minimum absolute atomic E-state index is 0.0815. The van der Waals surface area contributed by atoms with Crippen LogP contribution in [0.3, 0.4) is 0 Å². The highest BCUT2D eigenvalue weighted by Gasteiger charge is 2.53. The number of rotatable bonds is 1. The van der Waals surface area contributed by atoms with Crippen LogP contribution in [-0.4, -0.2) is 28.5 Å². The minimum atomic E-state index is -0.492. The van der Waals surface area contributed by atoms with Gasteiger partial charge >= 0.3 is 0 Å². The van der Waals surface area contributed by atoms with Gasteiger partial charge in [-0.05, 0) is 36.8 Å². The van der Waals surface area contributed by atoms with Gasteiger partial charge in [-0.1, -0.05) is 23.7 Å². The Balaban J connectivity index is 1.93. The highest BCUT2D eigenvalue weighted by Crippen LogP contribution is 2.44. The maximum absolute atomic E-state index is 12.8. The van der Waals surface area contributed by atoms with Crippen molar-refractivity contribution in [1.29, 1.82) is 0 Å². The van der Waals surface area contributed by atoms with Crippen LogP contribution in [0, 0.1) is 0 Å². The molecule has 3 heterocycles. The van der Waals surface area contributed by atoms with Gasteiger partial charge in [-0.2, -0.15) is 0 Å². The number of nitrogens with zero attached hydrogens (tertiary/aromatic N) is 2. The van der Waals surface area contributed by atoms with E-state index >= 15 is 0 Å². The lowest BCUT2D eigenvalue weighted by molar-refractivity contribution is 0.0259. The molecule has 1 N–H and O–H groups in total. The fourth-order valence-electron chi connectivity index (χ4n) is 3.72. The molecule has 1 saturated heterocycles. The number of amides is 1. The van der Waals surface area contributed by atoms with Crippen LogP contribution in [0.1, 0.15) is 29.0 Å². The van der Waals surface area contributed by atoms with Crippen molar-refractivity contribution in [2.75, 3.05) is 13.1 Å². The van der Waals surface area contributed by atoms with E-state index < -0.39 is 5.66 Å². The number of hydrogen-bond donors (Lipinski definition) is 1. The zero-order valence-corrected chi connectivity index (χ0v) is 12.5. The third-order valence-corrected chi connectivity index (χ3v) is 4.96. The van der Waals surface area contributed by atoms with Crippen molar-refractivity contribution < 1.29 is 4.79 Å². The number of fused-ring (bicyclic) bond motifs is 2. The molecule has 2 aliphatic heterocycles. The minimum Gasteiger partial charge on any atom is -0.337 e. The van der Waals surface area contributed by atoms with E-state index in [1.165, 1.54) is 0 Å². The SMILES string of the molecule is CC1n2cccc2C(=O)N2CCNC12c1ccc(Cl)cc1. The van der Waals surface area contributed by atoms with Crippen molar-refractivity contribution in [2.45, 2.75) is 18.6 Å². The van der Waals surface area contributed by atoms with Gasteiger partial charge < -0.3 is 9.47 Å². The molecule has 2 aliphatic rings. The van der Waals surface area contributed by atoms with Crippen molar-refractivity contribution in [3.8, 4) is 0 Å². The maximum atomic E-state index is 12.8. The Morgan fingerprint density at radius 2 is 2.05 bits per heavy atom. The fourth-order valence-corrected chi connectivity index (χ4v) is 3.85. The second-order valence-corrected chi connectivity index (χ2v) is 6.07. The molecule has 1 aromatic carbocycles. The third-order valence-electron chi connectivity index (χ3n) is 4.71. The molecule has 108 valence electrons. The molecule has 0 bridgehead atoms. The standard InChI is InChI=1S/C16H16ClN3O/c1-11-16(12-4-6-13(17)7-5-12)18-8-10-20(16)15(21)14-3-2-9-19(11)14/h2-7,9,11,18H,8,10H2,1H3. The molecular formula is C16H16ClN3O. The van der Waals surface area contributed by atoms with Gasteiger partial charge in [-0.3, -0.25) is 10.1 Å². The maximum Gasteiger partial charge on any atom is 0.272 e. The third kappa shape index (κ3) is 1.57. The van der Waals surface area contributed by atoms with Gasteiger partial charge in [0, 0.05) is 24.3 Å². The van der Waals surface area contributed by atoms with Crippen LogP contribution in [0.25, 0.3) is 0 Å². The summed E-state index contributed by atoms with van der Waals surface area (Å²) >= 11 is 6.01. The highest BCUT2D eigenvalue weighted by atomic mass is 35.5. The van der Waals surface area contributed by atoms with E-state index in [1.54, 1.807) is 0 Å². The number of carbonyl (C=O) groups is 1. The number of halogens is 1. The molecular weight excluding hydrogens is 286 g/mol. The van der Waals surface area contributed by atoms with Gasteiger partial charge in [-0.25, -0.2) is 0 Å². The second-order valence-electron chi connectivity index (χ2n) is 5.63. The molecule has 0 saturated carbocycles. The number of aromatic nitrogens is 1. The summed E-state index contributed by atoms with van der Waals surface area (Å²) in [6, 6.07) is 11.7. The summed E-state index contributed by atoms with van der Waals surface area (Å²) in [6.07, 6.45) is 1.98. The van der Waals surface area contributed by atoms with Gasteiger partial charge in [0.2, 0.25) is 0 Å². The van der Waals surface area contributed by atoms with Crippen LogP contribution >= 0.6 is 11.6 Å². The lowest BCUT2D eigenvalue weighted by atomic mass is 9.89. The number of nitrogens with one attached hydrogen (secondary N) is 1. The zero-order chi connectivity index (χ0) is 14.6. The Morgan fingerprint density at radius 1 is 1.29 bits per heavy atom. The van der Waals surface area contributed by atoms with E-state index in [4.69, 9.17) is 11.6 Å². The molecule has 1 amide bonds. The summed E-state index contributed by atoms with van der Waals surface area (Å²) < 4.78 is 2.06. The molecule has 1 aromatic heterocycles. The Hall–Kier alpha value is -1.78. The van der Waals surface area contributed by atoms with Gasteiger partial charge in [-0.15, -0.1) is 0 Å². The van der Waals surface area contributed by atoms with Crippen LogP contribution in [0.5, 0.6) is 0 Å². The van der Waals surface area contributed by atoms with Crippen molar-refractivity contribution in [1.82, 2.24) is 14.8 Å². The molecule has 21 heavy (non-hydrogen) atoms. The van der Waals surface area contributed by atoms with Crippen LogP contribution in [-0.2, 0) is 5.66 Å². The normalized spacial score (nSPS) is 27.6. The van der Waals surface area contributed by atoms with E-state index in [9.17, 15) is 4.79 Å². The average Bonchev–Trinajstić information content (AvgIpc) is 3.13. The van der Waals surface area contributed by atoms with Crippen molar-refractivity contribution >= 4 is 17.5 Å². The van der Waals surface area contributed by atoms with Gasteiger partial charge in [0.25, 0.3) is 5.91 Å². The molecule has 2 atom stereocenters. The van der Waals surface area contributed by atoms with Crippen LogP contribution in [0.4, 0.5) is 0 Å². The number of benzene rings is 1. The average molecular weight is 302 g/mol. The summed E-state index contributed by atoms with van der Waals surface area (Å²) in [7, 11) is 0. The largest absolute Gasteiger partial charge is 0.337 e. The van der Waals surface area contributed by atoms with E-state index in [0.717, 1.165) is 24.3 Å². The first-order valence-corrected chi connectivity index (χ1v) is 7.52. The van der Waals surface area contributed by atoms with Gasteiger partial charge in [0.1, 0.15) is 11.4 Å². The molecule has 4 rings (SSSR count). The summed E-state index contributed by atoms with van der Waals surface area (Å²) in [5, 5.41) is 4.26. The molecule has 4 nitrogen and oxygen atoms in total. The van der Waals surface area contributed by atoms with E-state index in [0.29, 0.717) is 5.02 Å². The van der Waals surface area contributed by atoms with E-state index in [-0.39, 0.29) is 11.9 Å². The fraction of sp³-hybridized carbons (Fsp3) is 0.312. The van der Waals surface area contributed by atoms with Crippen LogP contribution < -0.4 is 5.32 Å². The summed E-state index contributed by atoms with van der Waals surface area (Å²) in [5.74, 6) is 0.0815. The first kappa shape index (κ1) is 12.9. The quantitative estimate of drug-likeness (QED) is 0.879. The predicted octanol–water partition coefficient (Wildman–Crippen LogP) is 2.61. The molecule has 0 spiro atoms. The Morgan fingerprint density at radius 3 is 2.81 bits per heavy atom. The molecule has 0 radical (unpaired) electrons. The molecule has 5 heteroatoms. The molecule has 2 unspecified atom stereocenters. The van der Waals surface area contributed by atoms with Gasteiger partial charge in [0.15, 0.2) is 0 Å². The molecule has 0 aliphatic carbocycles. The van der Waals surface area contributed by atoms with Crippen LogP contribution in [0.2, 0.25) is 5.02 Å². The van der Waals surface area contributed by atoms with Gasteiger partial charge in [0.05, 0.1) is 6.04 Å². The molecule has 2 aromatic rings. The smallest absolute Gasteiger partial charge is 0.272 e. The summed E-state index contributed by atoms with van der Waals surface area (Å²) in [5.41, 5.74) is 1.34. The number of carbonyl (C=O) groups excluding carboxylic acids is 1. The summed E-state index contributed by atoms with van der Waals surface area (Å²) in [4.78, 5) is 14.7. The Kier molecular flexibility index (Phi) is 2.68. The van der Waals surface area contributed by atoms with E-state index in [2.05, 4.69) is 16.8 Å². The van der Waals surface area contributed by atoms with Crippen molar-refractivity contribution in [3.05, 3.63) is 58.9 Å². The van der Waals surface area contributed by atoms with Crippen molar-refractivity contribution in [3.63, 3.8) is 0 Å². The van der Waals surface area contributed by atoms with E-state index in [1.807, 2.05) is 47.5 Å². The number of hydrogen-bond acceptors (Lipinski definition) is 2. The summed E-state index contributed by atoms with van der Waals surface area (Å²) in [6.45, 7) is 3.66. The van der Waals surface area contributed by atoms with Crippen molar-refractivity contribution in [2.24, 2.45) is 0 Å². The monoisotopic (exact) mass is 301 g/mol. The lowest BCUT2D eigenvalue weighted by Crippen LogP contribution is -2.59. The van der Waals surface area contributed by atoms with Crippen LogP contribution in [0.15, 0.2) is 42.6 Å². The first-order valence-electron chi connectivity index (χ1n) is 7.14. The topological polar surface area (TPSA) is 37.3 Å². The highest BCUT2D eigenvalue weighted by molar-refractivity contribution is 6.30. The second kappa shape index (κ2) is 4.36. The zero-order valence-electron chi connectivity index (χ0n) is 11.7. The lowest BCUT2D eigenvalue weighted by Gasteiger charge is -2.47. The molecule has 1 fully saturated rings. The Bertz CT molecular complexity index is 709.